The number of anilines is 1. The van der Waals surface area contributed by atoms with Crippen LogP contribution >= 0.6 is 0 Å². The van der Waals surface area contributed by atoms with Gasteiger partial charge in [0.05, 0.1) is 14.2 Å². The summed E-state index contributed by atoms with van der Waals surface area (Å²) in [7, 11) is 2.83. The molecule has 7 heteroatoms. The van der Waals surface area contributed by atoms with Gasteiger partial charge in [-0.1, -0.05) is 12.1 Å². The van der Waals surface area contributed by atoms with Crippen molar-refractivity contribution in [1.82, 2.24) is 0 Å². The highest BCUT2D eigenvalue weighted by Crippen LogP contribution is 2.17. The van der Waals surface area contributed by atoms with E-state index in [1.165, 1.54) is 13.2 Å². The first kappa shape index (κ1) is 19.5. The molecule has 0 radical (unpaired) electrons. The third-order valence-electron chi connectivity index (χ3n) is 3.49. The molecular formula is C20H18N2O5. The summed E-state index contributed by atoms with van der Waals surface area (Å²) in [6.07, 6.45) is 1.46. The monoisotopic (exact) mass is 366 g/mol. The van der Waals surface area contributed by atoms with E-state index in [1.807, 2.05) is 6.07 Å². The number of methoxy groups -OCH3 is 2. The second-order valence-corrected chi connectivity index (χ2v) is 5.29. The number of ether oxygens (including phenoxy) is 3. The zero-order valence-corrected chi connectivity index (χ0v) is 14.9. The summed E-state index contributed by atoms with van der Waals surface area (Å²) >= 11 is 0. The van der Waals surface area contributed by atoms with Gasteiger partial charge in [0.15, 0.2) is 6.61 Å². The molecule has 0 aliphatic rings. The number of nitrogens with one attached hydrogen (secondary N) is 1. The molecule has 0 aliphatic heterocycles. The molecule has 1 N–H and O–H groups in total. The highest BCUT2D eigenvalue weighted by molar-refractivity contribution is 6.09. The lowest BCUT2D eigenvalue weighted by molar-refractivity contribution is -0.142. The summed E-state index contributed by atoms with van der Waals surface area (Å²) in [4.78, 5) is 23.3. The van der Waals surface area contributed by atoms with Crippen molar-refractivity contribution in [2.24, 2.45) is 0 Å². The Morgan fingerprint density at radius 2 is 1.67 bits per heavy atom. The van der Waals surface area contributed by atoms with Crippen LogP contribution in [0.1, 0.15) is 5.56 Å². The maximum atomic E-state index is 12.3. The smallest absolute Gasteiger partial charge is 0.343 e. The number of nitrogens with zero attached hydrogens (tertiary/aromatic N) is 1. The van der Waals surface area contributed by atoms with Crippen molar-refractivity contribution in [3.05, 3.63) is 59.7 Å². The van der Waals surface area contributed by atoms with Crippen molar-refractivity contribution in [3.63, 3.8) is 0 Å². The van der Waals surface area contributed by atoms with E-state index in [0.717, 1.165) is 0 Å². The molecule has 0 bridgehead atoms. The van der Waals surface area contributed by atoms with Crippen molar-refractivity contribution in [2.75, 3.05) is 26.1 Å². The fourth-order valence-corrected chi connectivity index (χ4v) is 2.05. The van der Waals surface area contributed by atoms with Crippen molar-refractivity contribution in [3.8, 4) is 17.6 Å². The zero-order valence-electron chi connectivity index (χ0n) is 14.9. The number of nitriles is 1. The van der Waals surface area contributed by atoms with Crippen LogP contribution in [0.5, 0.6) is 11.5 Å². The van der Waals surface area contributed by atoms with Gasteiger partial charge in [0.25, 0.3) is 5.91 Å². The Balaban J connectivity index is 2.04. The molecule has 0 aromatic heterocycles. The van der Waals surface area contributed by atoms with Gasteiger partial charge in [-0.3, -0.25) is 4.79 Å². The van der Waals surface area contributed by atoms with E-state index in [9.17, 15) is 14.9 Å². The van der Waals surface area contributed by atoms with Crippen LogP contribution in [0.2, 0.25) is 0 Å². The molecule has 138 valence electrons. The maximum Gasteiger partial charge on any atom is 0.343 e. The molecule has 2 aromatic rings. The summed E-state index contributed by atoms with van der Waals surface area (Å²) in [5.74, 6) is 0.131. The van der Waals surface area contributed by atoms with E-state index in [1.54, 1.807) is 55.6 Å². The number of hydrogen-bond acceptors (Lipinski definition) is 6. The lowest BCUT2D eigenvalue weighted by atomic mass is 10.1. The summed E-state index contributed by atoms with van der Waals surface area (Å²) in [6, 6.07) is 15.3. The standard InChI is InChI=1S/C20H18N2O5/c1-25-17-9-5-16(6-10-17)22-20(24)15(12-21)11-14-3-7-18(8-4-14)27-13-19(23)26-2/h3-11H,13H2,1-2H3,(H,22,24)/b15-11-. The molecule has 2 aromatic carbocycles. The number of carbonyl (C=O) groups is 2. The van der Waals surface area contributed by atoms with Crippen LogP contribution in [-0.2, 0) is 14.3 Å². The van der Waals surface area contributed by atoms with E-state index in [2.05, 4.69) is 10.1 Å². The Labute approximate surface area is 156 Å². The largest absolute Gasteiger partial charge is 0.497 e. The predicted octanol–water partition coefficient (Wildman–Crippen LogP) is 2.79. The second-order valence-electron chi connectivity index (χ2n) is 5.29. The minimum atomic E-state index is -0.520. The van der Waals surface area contributed by atoms with Gasteiger partial charge in [0.2, 0.25) is 0 Å². The molecular weight excluding hydrogens is 348 g/mol. The molecule has 1 amide bonds. The van der Waals surface area contributed by atoms with E-state index in [-0.39, 0.29) is 12.2 Å². The second kappa shape index (κ2) is 9.63. The SMILES string of the molecule is COC(=O)COc1ccc(/C=C(/C#N)C(=O)Nc2ccc(OC)cc2)cc1. The number of benzene rings is 2. The van der Waals surface area contributed by atoms with E-state index >= 15 is 0 Å². The molecule has 0 spiro atoms. The molecule has 0 unspecified atom stereocenters. The highest BCUT2D eigenvalue weighted by atomic mass is 16.6. The van der Waals surface area contributed by atoms with Crippen molar-refractivity contribution in [1.29, 1.82) is 5.26 Å². The Morgan fingerprint density at radius 1 is 1.04 bits per heavy atom. The van der Waals surface area contributed by atoms with Crippen LogP contribution in [0, 0.1) is 11.3 Å². The van der Waals surface area contributed by atoms with Crippen molar-refractivity contribution < 1.29 is 23.8 Å². The molecule has 0 fully saturated rings. The maximum absolute atomic E-state index is 12.3. The Hall–Kier alpha value is -3.79. The van der Waals surface area contributed by atoms with E-state index < -0.39 is 11.9 Å². The lowest BCUT2D eigenvalue weighted by Gasteiger charge is -2.06. The quantitative estimate of drug-likeness (QED) is 0.460. The van der Waals surface area contributed by atoms with E-state index in [4.69, 9.17) is 9.47 Å². The van der Waals surface area contributed by atoms with Gasteiger partial charge in [-0.15, -0.1) is 0 Å². The van der Waals surface area contributed by atoms with Crippen molar-refractivity contribution >= 4 is 23.6 Å². The van der Waals surface area contributed by atoms with Gasteiger partial charge in [0.1, 0.15) is 23.1 Å². The fraction of sp³-hybridized carbons (Fsp3) is 0.150. The van der Waals surface area contributed by atoms with Crippen LogP contribution in [-0.4, -0.2) is 32.7 Å². The molecule has 27 heavy (non-hydrogen) atoms. The third kappa shape index (κ3) is 5.90. The van der Waals surface area contributed by atoms with Gasteiger partial charge in [0, 0.05) is 5.69 Å². The summed E-state index contributed by atoms with van der Waals surface area (Å²) in [5, 5.41) is 11.9. The minimum Gasteiger partial charge on any atom is -0.497 e. The normalized spacial score (nSPS) is 10.5. The van der Waals surface area contributed by atoms with Crippen LogP contribution in [0.4, 0.5) is 5.69 Å². The molecule has 7 nitrogen and oxygen atoms in total. The molecule has 0 aliphatic carbocycles. The highest BCUT2D eigenvalue weighted by Gasteiger charge is 2.10. The molecule has 0 atom stereocenters. The molecule has 0 saturated carbocycles. The van der Waals surface area contributed by atoms with Crippen LogP contribution < -0.4 is 14.8 Å². The van der Waals surface area contributed by atoms with Crippen LogP contribution in [0.15, 0.2) is 54.1 Å². The Bertz CT molecular complexity index is 865. The number of amides is 1. The van der Waals surface area contributed by atoms with Crippen LogP contribution in [0.25, 0.3) is 6.08 Å². The number of carbonyl (C=O) groups excluding carboxylic acids is 2. The average Bonchev–Trinajstić information content (AvgIpc) is 2.71. The summed E-state index contributed by atoms with van der Waals surface area (Å²) < 4.78 is 14.8. The zero-order chi connectivity index (χ0) is 19.6. The number of rotatable bonds is 7. The molecule has 0 saturated heterocycles. The fourth-order valence-electron chi connectivity index (χ4n) is 2.05. The van der Waals surface area contributed by atoms with Crippen molar-refractivity contribution in [2.45, 2.75) is 0 Å². The van der Waals surface area contributed by atoms with Crippen LogP contribution in [0.3, 0.4) is 0 Å². The summed E-state index contributed by atoms with van der Waals surface area (Å²) in [6.45, 7) is -0.195. The Kier molecular flexibility index (Phi) is 6.97. The summed E-state index contributed by atoms with van der Waals surface area (Å²) in [5.41, 5.74) is 1.14. The Morgan fingerprint density at radius 3 is 2.22 bits per heavy atom. The average molecular weight is 366 g/mol. The van der Waals surface area contributed by atoms with Gasteiger partial charge in [-0.05, 0) is 48.0 Å². The minimum absolute atomic E-state index is 0.0472. The molecule has 2 rings (SSSR count). The lowest BCUT2D eigenvalue weighted by Crippen LogP contribution is -2.13. The van der Waals surface area contributed by atoms with Gasteiger partial charge in [-0.25, -0.2) is 4.79 Å². The van der Waals surface area contributed by atoms with Gasteiger partial charge in [-0.2, -0.15) is 5.26 Å². The number of esters is 1. The van der Waals surface area contributed by atoms with E-state index in [0.29, 0.717) is 22.7 Å². The first-order valence-corrected chi connectivity index (χ1v) is 7.92. The molecule has 0 heterocycles. The first-order chi connectivity index (χ1) is 13.0. The topological polar surface area (TPSA) is 97.7 Å². The number of hydrogen-bond donors (Lipinski definition) is 1. The first-order valence-electron chi connectivity index (χ1n) is 7.92. The third-order valence-corrected chi connectivity index (χ3v) is 3.49. The van der Waals surface area contributed by atoms with Gasteiger partial charge < -0.3 is 19.5 Å². The predicted molar refractivity (Wildman–Crippen MR) is 99.2 cm³/mol. The van der Waals surface area contributed by atoms with Gasteiger partial charge >= 0.3 is 5.97 Å².